The molecule has 6 heteroatoms. The number of ether oxygens (including phenoxy) is 1. The number of imidazole rings is 1. The summed E-state index contributed by atoms with van der Waals surface area (Å²) in [5.74, 6) is 1.14. The molecule has 3 aromatic carbocycles. The van der Waals surface area contributed by atoms with Crippen molar-refractivity contribution >= 4 is 31.8 Å². The monoisotopic (exact) mass is 394 g/mol. The van der Waals surface area contributed by atoms with Gasteiger partial charge in [0.25, 0.3) is 10.0 Å². The average Bonchev–Trinajstić information content (AvgIpc) is 3.04. The molecule has 0 aliphatic carbocycles. The van der Waals surface area contributed by atoms with Crippen molar-refractivity contribution in [2.45, 2.75) is 31.6 Å². The van der Waals surface area contributed by atoms with Crippen molar-refractivity contribution in [3.8, 4) is 5.75 Å². The van der Waals surface area contributed by atoms with Gasteiger partial charge in [-0.3, -0.25) is 0 Å². The zero-order valence-electron chi connectivity index (χ0n) is 15.9. The van der Waals surface area contributed by atoms with E-state index in [-0.39, 0.29) is 4.90 Å². The number of hydrogen-bond acceptors (Lipinski definition) is 4. The molecule has 0 aliphatic heterocycles. The Morgan fingerprint density at radius 1 is 0.964 bits per heavy atom. The molecule has 0 fully saturated rings. The van der Waals surface area contributed by atoms with E-state index in [4.69, 9.17) is 4.74 Å². The molecule has 28 heavy (non-hydrogen) atoms. The van der Waals surface area contributed by atoms with Crippen LogP contribution >= 0.6 is 0 Å². The lowest BCUT2D eigenvalue weighted by Crippen LogP contribution is -2.15. The highest BCUT2D eigenvalue weighted by Gasteiger charge is 2.25. The molecule has 0 spiro atoms. The molecule has 0 unspecified atom stereocenters. The first-order chi connectivity index (χ1) is 13.5. The summed E-state index contributed by atoms with van der Waals surface area (Å²) in [6.45, 7) is 4.43. The third kappa shape index (κ3) is 3.03. The van der Waals surface area contributed by atoms with Crippen molar-refractivity contribution in [3.63, 3.8) is 0 Å². The predicted molar refractivity (Wildman–Crippen MR) is 111 cm³/mol. The number of benzene rings is 3. The van der Waals surface area contributed by atoms with E-state index in [9.17, 15) is 8.42 Å². The highest BCUT2D eigenvalue weighted by molar-refractivity contribution is 7.90. The molecular formula is C22H22N2O3S. The standard InChI is InChI=1S/C22H22N2O3S/c1-3-4-15-27-21-13-14-22(18-10-6-5-9-17(18)21)28(25,26)24-16(2)23-19-11-7-8-12-20(19)24/h5-14H,3-4,15H2,1-2H3. The van der Waals surface area contributed by atoms with Gasteiger partial charge in [-0.25, -0.2) is 17.4 Å². The summed E-state index contributed by atoms with van der Waals surface area (Å²) < 4.78 is 34.4. The molecule has 5 nitrogen and oxygen atoms in total. The van der Waals surface area contributed by atoms with Crippen molar-refractivity contribution in [2.24, 2.45) is 0 Å². The molecule has 0 saturated carbocycles. The Bertz CT molecular complexity index is 1260. The summed E-state index contributed by atoms with van der Waals surface area (Å²) in [4.78, 5) is 4.66. The van der Waals surface area contributed by atoms with Crippen molar-refractivity contribution in [3.05, 3.63) is 66.5 Å². The van der Waals surface area contributed by atoms with Gasteiger partial charge in [-0.1, -0.05) is 49.7 Å². The van der Waals surface area contributed by atoms with E-state index in [0.29, 0.717) is 34.6 Å². The number of fused-ring (bicyclic) bond motifs is 2. The summed E-state index contributed by atoms with van der Waals surface area (Å²) in [7, 11) is -3.82. The van der Waals surface area contributed by atoms with E-state index in [2.05, 4.69) is 11.9 Å². The fourth-order valence-electron chi connectivity index (χ4n) is 3.45. The number of hydrogen-bond donors (Lipinski definition) is 0. The molecule has 0 aliphatic rings. The highest BCUT2D eigenvalue weighted by Crippen LogP contribution is 2.33. The van der Waals surface area contributed by atoms with Crippen LogP contribution in [0.15, 0.2) is 65.6 Å². The van der Waals surface area contributed by atoms with Crippen LogP contribution in [0.3, 0.4) is 0 Å². The number of aryl methyl sites for hydroxylation is 1. The minimum absolute atomic E-state index is 0.247. The van der Waals surface area contributed by atoms with Gasteiger partial charge in [-0.15, -0.1) is 0 Å². The minimum atomic E-state index is -3.82. The second kappa shape index (κ2) is 7.28. The number of para-hydroxylation sites is 2. The lowest BCUT2D eigenvalue weighted by atomic mass is 10.1. The third-order valence-corrected chi connectivity index (χ3v) is 6.65. The summed E-state index contributed by atoms with van der Waals surface area (Å²) >= 11 is 0. The Morgan fingerprint density at radius 2 is 1.68 bits per heavy atom. The molecule has 1 heterocycles. The third-order valence-electron chi connectivity index (χ3n) is 4.79. The lowest BCUT2D eigenvalue weighted by molar-refractivity contribution is 0.313. The van der Waals surface area contributed by atoms with E-state index < -0.39 is 10.0 Å². The smallest absolute Gasteiger partial charge is 0.270 e. The number of unbranched alkanes of at least 4 members (excludes halogenated alkanes) is 1. The molecule has 0 saturated heterocycles. The molecule has 0 radical (unpaired) electrons. The Morgan fingerprint density at radius 3 is 2.46 bits per heavy atom. The normalized spacial score (nSPS) is 11.9. The first-order valence-electron chi connectivity index (χ1n) is 9.38. The molecule has 0 atom stereocenters. The second-order valence-electron chi connectivity index (χ2n) is 6.73. The maximum Gasteiger partial charge on any atom is 0.270 e. The molecule has 144 valence electrons. The zero-order chi connectivity index (χ0) is 19.7. The SMILES string of the molecule is CCCCOc1ccc(S(=O)(=O)n2c(C)nc3ccccc32)c2ccccc12. The molecule has 0 amide bonds. The maximum absolute atomic E-state index is 13.6. The first-order valence-corrected chi connectivity index (χ1v) is 10.8. The molecule has 0 bridgehead atoms. The van der Waals surface area contributed by atoms with Crippen molar-refractivity contribution in [1.29, 1.82) is 0 Å². The van der Waals surface area contributed by atoms with Crippen LogP contribution in [0.5, 0.6) is 5.75 Å². The fraction of sp³-hybridized carbons (Fsp3) is 0.227. The Balaban J connectivity index is 1.91. The van der Waals surface area contributed by atoms with Crippen LogP contribution in [0.4, 0.5) is 0 Å². The molecular weight excluding hydrogens is 372 g/mol. The van der Waals surface area contributed by atoms with Gasteiger partial charge < -0.3 is 4.74 Å². The minimum Gasteiger partial charge on any atom is -0.493 e. The summed E-state index contributed by atoms with van der Waals surface area (Å²) in [5.41, 5.74) is 1.24. The number of nitrogens with zero attached hydrogens (tertiary/aromatic N) is 2. The van der Waals surface area contributed by atoms with E-state index in [0.717, 1.165) is 18.2 Å². The van der Waals surface area contributed by atoms with E-state index in [1.165, 1.54) is 3.97 Å². The number of rotatable bonds is 6. The van der Waals surface area contributed by atoms with Gasteiger partial charge in [0.1, 0.15) is 11.6 Å². The van der Waals surface area contributed by atoms with Gasteiger partial charge in [0.2, 0.25) is 0 Å². The van der Waals surface area contributed by atoms with Crippen LogP contribution in [0.25, 0.3) is 21.8 Å². The van der Waals surface area contributed by atoms with Crippen LogP contribution in [-0.2, 0) is 10.0 Å². The lowest BCUT2D eigenvalue weighted by Gasteiger charge is -2.14. The van der Waals surface area contributed by atoms with Crippen molar-refractivity contribution in [2.75, 3.05) is 6.61 Å². The average molecular weight is 394 g/mol. The zero-order valence-corrected chi connectivity index (χ0v) is 16.7. The quantitative estimate of drug-likeness (QED) is 0.436. The topological polar surface area (TPSA) is 61.2 Å². The molecule has 0 N–H and O–H groups in total. The van der Waals surface area contributed by atoms with Crippen LogP contribution in [0, 0.1) is 6.92 Å². The maximum atomic E-state index is 13.6. The van der Waals surface area contributed by atoms with Gasteiger partial charge in [0, 0.05) is 10.8 Å². The van der Waals surface area contributed by atoms with Gasteiger partial charge >= 0.3 is 0 Å². The summed E-state index contributed by atoms with van der Waals surface area (Å²) in [6, 6.07) is 18.1. The van der Waals surface area contributed by atoms with Crippen LogP contribution < -0.4 is 4.74 Å². The van der Waals surface area contributed by atoms with Crippen LogP contribution in [0.2, 0.25) is 0 Å². The van der Waals surface area contributed by atoms with E-state index in [1.807, 2.05) is 42.5 Å². The van der Waals surface area contributed by atoms with E-state index >= 15 is 0 Å². The predicted octanol–water partition coefficient (Wildman–Crippen LogP) is 4.91. The molecule has 1 aromatic heterocycles. The van der Waals surface area contributed by atoms with Crippen molar-refractivity contribution in [1.82, 2.24) is 8.96 Å². The van der Waals surface area contributed by atoms with Crippen molar-refractivity contribution < 1.29 is 13.2 Å². The highest BCUT2D eigenvalue weighted by atomic mass is 32.2. The Kier molecular flexibility index (Phi) is 4.81. The van der Waals surface area contributed by atoms with Gasteiger partial charge in [0.05, 0.1) is 22.5 Å². The summed E-state index contributed by atoms with van der Waals surface area (Å²) in [6.07, 6.45) is 1.99. The number of aromatic nitrogens is 2. The largest absolute Gasteiger partial charge is 0.493 e. The first kappa shape index (κ1) is 18.5. The Labute approximate surface area is 164 Å². The summed E-state index contributed by atoms with van der Waals surface area (Å²) in [5, 5.41) is 1.44. The van der Waals surface area contributed by atoms with Gasteiger partial charge in [-0.2, -0.15) is 0 Å². The van der Waals surface area contributed by atoms with Gasteiger partial charge in [-0.05, 0) is 37.6 Å². The van der Waals surface area contributed by atoms with Crippen LogP contribution in [0.1, 0.15) is 25.6 Å². The fourth-order valence-corrected chi connectivity index (χ4v) is 5.14. The van der Waals surface area contributed by atoms with Crippen LogP contribution in [-0.4, -0.2) is 24.0 Å². The molecule has 4 aromatic rings. The molecule has 4 rings (SSSR count). The Hall–Kier alpha value is -2.86. The second-order valence-corrected chi connectivity index (χ2v) is 8.48. The van der Waals surface area contributed by atoms with Gasteiger partial charge in [0.15, 0.2) is 0 Å². The van der Waals surface area contributed by atoms with E-state index in [1.54, 1.807) is 25.1 Å².